The summed E-state index contributed by atoms with van der Waals surface area (Å²) in [5.74, 6) is -1.35. The molecule has 0 amide bonds. The lowest BCUT2D eigenvalue weighted by molar-refractivity contribution is -0.478. The fraction of sp³-hybridized carbons (Fsp3) is 0.459. The second-order valence-corrected chi connectivity index (χ2v) is 18.7. The smallest absolute Gasteiger partial charge is 0.331 e. The van der Waals surface area contributed by atoms with Crippen molar-refractivity contribution in [1.82, 2.24) is 0 Å². The Kier molecular flexibility index (Phi) is 11.6. The zero-order valence-corrected chi connectivity index (χ0v) is 31.5. The Hall–Kier alpha value is -4.54. The molecule has 5 unspecified atom stereocenters. The second-order valence-electron chi connectivity index (χ2n) is 13.9. The lowest BCUT2D eigenvalue weighted by atomic mass is 9.82. The molecule has 15 heteroatoms. The Morgan fingerprint density at radius 2 is 1.06 bits per heavy atom. The van der Waals surface area contributed by atoms with Crippen LogP contribution in [0, 0.1) is 0 Å². The van der Waals surface area contributed by atoms with Gasteiger partial charge in [0.05, 0.1) is 14.2 Å². The Bertz CT molecular complexity index is 1630. The van der Waals surface area contributed by atoms with E-state index in [0.717, 1.165) is 0 Å². The summed E-state index contributed by atoms with van der Waals surface area (Å²) in [6.45, 7) is 11.9. The summed E-state index contributed by atoms with van der Waals surface area (Å²) in [4.78, 5) is 49.5. The van der Waals surface area contributed by atoms with Gasteiger partial charge in [-0.15, -0.1) is 0 Å². The maximum absolute atomic E-state index is 13.3. The average Bonchev–Trinajstić information content (AvgIpc) is 3.07. The molecule has 2 aromatic rings. The number of hydrogen-bond acceptors (Lipinski definition) is 14. The lowest BCUT2D eigenvalue weighted by Crippen LogP contribution is -2.77. The third-order valence-electron chi connectivity index (χ3n) is 9.20. The van der Waals surface area contributed by atoms with Crippen LogP contribution in [0.2, 0.25) is 18.1 Å². The maximum atomic E-state index is 13.3. The van der Waals surface area contributed by atoms with E-state index in [2.05, 4.69) is 33.9 Å². The molecule has 1 saturated carbocycles. The molecule has 3 aliphatic heterocycles. The Morgan fingerprint density at radius 1 is 0.654 bits per heavy atom. The van der Waals surface area contributed by atoms with Crippen LogP contribution in [0.3, 0.4) is 0 Å². The monoisotopic (exact) mass is 740 g/mol. The SMILES string of the molecule is COc1cc(/C=C/C(=O)OC2C3OC4O[C@H]2C(O[Si](C)(C)C(C)(C)C)[C@@H](O4)C3OC(=O)/C=C/c2ccc(OC(C)=O)c(OC)c2)ccc1OC(C)=O. The molecule has 3 saturated heterocycles. The van der Waals surface area contributed by atoms with Gasteiger partial charge in [0.2, 0.25) is 0 Å². The van der Waals surface area contributed by atoms with Gasteiger partial charge >= 0.3 is 23.9 Å². The van der Waals surface area contributed by atoms with Crippen LogP contribution in [-0.4, -0.2) is 89.5 Å². The highest BCUT2D eigenvalue weighted by atomic mass is 28.4. The van der Waals surface area contributed by atoms with Crippen molar-refractivity contribution in [2.75, 3.05) is 14.2 Å². The van der Waals surface area contributed by atoms with Crippen LogP contribution < -0.4 is 18.9 Å². The first-order chi connectivity index (χ1) is 24.5. The number of methoxy groups -OCH3 is 2. The number of carbonyl (C=O) groups is 4. The number of esters is 4. The van der Waals surface area contributed by atoms with Gasteiger partial charge in [-0.05, 0) is 65.7 Å². The Morgan fingerprint density at radius 3 is 1.42 bits per heavy atom. The van der Waals surface area contributed by atoms with Crippen molar-refractivity contribution >= 4 is 44.3 Å². The molecule has 0 radical (unpaired) electrons. The molecule has 14 nitrogen and oxygen atoms in total. The topological polar surface area (TPSA) is 161 Å². The molecule has 4 fully saturated rings. The predicted octanol–water partition coefficient (Wildman–Crippen LogP) is 4.98. The summed E-state index contributed by atoms with van der Waals surface area (Å²) < 4.78 is 57.7. The summed E-state index contributed by atoms with van der Waals surface area (Å²) in [7, 11) is 0.399. The van der Waals surface area contributed by atoms with Crippen molar-refractivity contribution in [3.05, 3.63) is 59.7 Å². The Balaban J connectivity index is 1.37. The summed E-state index contributed by atoms with van der Waals surface area (Å²) >= 11 is 0. The molecule has 2 aromatic carbocycles. The fourth-order valence-corrected chi connectivity index (χ4v) is 7.02. The molecule has 0 N–H and O–H groups in total. The van der Waals surface area contributed by atoms with Crippen LogP contribution in [0.1, 0.15) is 45.7 Å². The summed E-state index contributed by atoms with van der Waals surface area (Å²) in [6.07, 6.45) is 0.225. The zero-order valence-electron chi connectivity index (χ0n) is 30.5. The summed E-state index contributed by atoms with van der Waals surface area (Å²) in [5, 5.41) is -0.194. The average molecular weight is 741 g/mol. The van der Waals surface area contributed by atoms with E-state index < -0.39 is 75.3 Å². The summed E-state index contributed by atoms with van der Waals surface area (Å²) in [5.41, 5.74) is 1.15. The molecular weight excluding hydrogens is 696 g/mol. The minimum absolute atomic E-state index is 0.194. The molecule has 0 spiro atoms. The van der Waals surface area contributed by atoms with Crippen LogP contribution in [0.25, 0.3) is 12.2 Å². The van der Waals surface area contributed by atoms with Crippen molar-refractivity contribution in [2.45, 2.75) is 95.9 Å². The van der Waals surface area contributed by atoms with Crippen LogP contribution in [0.15, 0.2) is 48.6 Å². The van der Waals surface area contributed by atoms with Crippen molar-refractivity contribution in [1.29, 1.82) is 0 Å². The number of hydrogen-bond donors (Lipinski definition) is 0. The van der Waals surface area contributed by atoms with Crippen LogP contribution in [0.4, 0.5) is 0 Å². The van der Waals surface area contributed by atoms with E-state index in [1.165, 1.54) is 52.4 Å². The molecule has 280 valence electrons. The number of ether oxygens (including phenoxy) is 9. The summed E-state index contributed by atoms with van der Waals surface area (Å²) in [6, 6.07) is 9.60. The first-order valence-electron chi connectivity index (χ1n) is 16.6. The van der Waals surface area contributed by atoms with Gasteiger partial charge in [0.1, 0.15) is 24.4 Å². The first-order valence-corrected chi connectivity index (χ1v) is 19.5. The largest absolute Gasteiger partial charge is 0.493 e. The van der Waals surface area contributed by atoms with E-state index in [1.54, 1.807) is 36.4 Å². The predicted molar refractivity (Wildman–Crippen MR) is 187 cm³/mol. The minimum Gasteiger partial charge on any atom is -0.493 e. The number of carbonyl (C=O) groups excluding carboxylic acids is 4. The van der Waals surface area contributed by atoms with Gasteiger partial charge in [-0.1, -0.05) is 32.9 Å². The minimum atomic E-state index is -2.47. The van der Waals surface area contributed by atoms with Crippen molar-refractivity contribution in [3.63, 3.8) is 0 Å². The van der Waals surface area contributed by atoms with Crippen LogP contribution in [-0.2, 0) is 47.3 Å². The standard InChI is InChI=1S/C37H44O14Si/c1-20(38)44-24-14-10-22(18-26(24)42-6)12-16-28(40)46-30-32-31(34-35(33(30)49-36(48-32)50-34)51-52(8,9)37(3,4)5)47-29(41)17-13-23-11-15-25(45-21(2)39)27(19-23)43-7/h10-19,30-36H,1-9H3/b16-12+,17-13+/t30?,31?,32?,33-,34+,35?,36?. The Labute approximate surface area is 303 Å². The molecule has 4 aliphatic rings. The highest BCUT2D eigenvalue weighted by molar-refractivity contribution is 6.74. The van der Waals surface area contributed by atoms with Gasteiger partial charge in [0.15, 0.2) is 43.5 Å². The van der Waals surface area contributed by atoms with Gasteiger partial charge in [-0.3, -0.25) is 9.59 Å². The molecule has 0 aromatic heterocycles. The van der Waals surface area contributed by atoms with Crippen molar-refractivity contribution < 1.29 is 66.2 Å². The second kappa shape index (κ2) is 15.6. The molecular formula is C37H44O14Si. The molecule has 3 heterocycles. The van der Waals surface area contributed by atoms with Gasteiger partial charge in [-0.2, -0.15) is 0 Å². The van der Waals surface area contributed by atoms with E-state index >= 15 is 0 Å². The maximum Gasteiger partial charge on any atom is 0.331 e. The van der Waals surface area contributed by atoms with E-state index in [0.29, 0.717) is 22.6 Å². The third kappa shape index (κ3) is 8.73. The first kappa shape index (κ1) is 38.7. The quantitative estimate of drug-likeness (QED) is 0.124. The van der Waals surface area contributed by atoms with Gasteiger partial charge in [0.25, 0.3) is 6.48 Å². The molecule has 1 aliphatic carbocycles. The van der Waals surface area contributed by atoms with Gasteiger partial charge in [-0.25, -0.2) is 9.59 Å². The highest BCUT2D eigenvalue weighted by Gasteiger charge is 2.66. The van der Waals surface area contributed by atoms with E-state index in [9.17, 15) is 19.2 Å². The van der Waals surface area contributed by atoms with Gasteiger partial charge < -0.3 is 47.1 Å². The molecule has 52 heavy (non-hydrogen) atoms. The third-order valence-corrected chi connectivity index (χ3v) is 13.7. The molecule has 6 rings (SSSR count). The van der Waals surface area contributed by atoms with Crippen molar-refractivity contribution in [3.8, 4) is 23.0 Å². The molecule has 4 bridgehead atoms. The fourth-order valence-electron chi connectivity index (χ4n) is 5.72. The van der Waals surface area contributed by atoms with Gasteiger partial charge in [0, 0.05) is 26.0 Å². The normalized spacial score (nSPS) is 25.2. The van der Waals surface area contributed by atoms with Crippen LogP contribution >= 0.6 is 0 Å². The van der Waals surface area contributed by atoms with Crippen molar-refractivity contribution in [2.24, 2.45) is 0 Å². The number of benzene rings is 2. The van der Waals surface area contributed by atoms with E-state index in [-0.39, 0.29) is 16.5 Å². The lowest BCUT2D eigenvalue weighted by Gasteiger charge is -2.59. The van der Waals surface area contributed by atoms with Crippen LogP contribution in [0.5, 0.6) is 23.0 Å². The van der Waals surface area contributed by atoms with E-state index in [4.69, 9.17) is 47.1 Å². The highest BCUT2D eigenvalue weighted by Crippen LogP contribution is 2.47. The zero-order chi connectivity index (χ0) is 38.0. The van der Waals surface area contributed by atoms with E-state index in [1.807, 2.05) is 0 Å². The number of rotatable bonds is 12. The molecule has 7 atom stereocenters.